The van der Waals surface area contributed by atoms with Crippen LogP contribution in [-0.4, -0.2) is 26.8 Å². The average molecular weight is 288 g/mol. The van der Waals surface area contributed by atoms with Crippen LogP contribution in [0.1, 0.15) is 26.7 Å². The summed E-state index contributed by atoms with van der Waals surface area (Å²) in [4.78, 5) is 0. The minimum absolute atomic E-state index is 0.0736. The second-order valence-electron chi connectivity index (χ2n) is 4.74. The summed E-state index contributed by atoms with van der Waals surface area (Å²) in [5, 5.41) is 3.23. The lowest BCUT2D eigenvalue weighted by Crippen LogP contribution is -2.24. The molecule has 0 aliphatic rings. The lowest BCUT2D eigenvalue weighted by Gasteiger charge is -2.09. The SMILES string of the molecule is CC(C)NCCCCS(=O)(=O)Nc1ccc(F)cc1. The molecule has 0 aliphatic carbocycles. The highest BCUT2D eigenvalue weighted by Gasteiger charge is 2.09. The second-order valence-corrected chi connectivity index (χ2v) is 6.59. The van der Waals surface area contributed by atoms with E-state index in [1.54, 1.807) is 0 Å². The number of halogens is 1. The molecular formula is C13H21FN2O2S. The molecule has 1 aromatic carbocycles. The molecule has 19 heavy (non-hydrogen) atoms. The van der Waals surface area contributed by atoms with Crippen LogP contribution in [0.4, 0.5) is 10.1 Å². The highest BCUT2D eigenvalue weighted by molar-refractivity contribution is 7.92. The summed E-state index contributed by atoms with van der Waals surface area (Å²) in [5.74, 6) is -0.313. The average Bonchev–Trinajstić information content (AvgIpc) is 2.31. The maximum Gasteiger partial charge on any atom is 0.232 e. The Morgan fingerprint density at radius 2 is 1.79 bits per heavy atom. The first kappa shape index (κ1) is 15.9. The summed E-state index contributed by atoms with van der Waals surface area (Å²) in [6.45, 7) is 4.91. The smallest absolute Gasteiger partial charge is 0.232 e. The number of nitrogens with one attached hydrogen (secondary N) is 2. The molecule has 1 aromatic rings. The van der Waals surface area contributed by atoms with Gasteiger partial charge in [-0.25, -0.2) is 12.8 Å². The molecule has 0 amide bonds. The van der Waals surface area contributed by atoms with Crippen molar-refractivity contribution in [3.63, 3.8) is 0 Å². The van der Waals surface area contributed by atoms with Crippen LogP contribution in [0.5, 0.6) is 0 Å². The Morgan fingerprint density at radius 1 is 1.16 bits per heavy atom. The highest BCUT2D eigenvalue weighted by Crippen LogP contribution is 2.11. The molecule has 2 N–H and O–H groups in total. The van der Waals surface area contributed by atoms with Gasteiger partial charge in [0.15, 0.2) is 0 Å². The van der Waals surface area contributed by atoms with Gasteiger partial charge >= 0.3 is 0 Å². The van der Waals surface area contributed by atoms with Gasteiger partial charge in [-0.1, -0.05) is 13.8 Å². The fraction of sp³-hybridized carbons (Fsp3) is 0.538. The zero-order valence-electron chi connectivity index (χ0n) is 11.3. The Balaban J connectivity index is 2.34. The summed E-state index contributed by atoms with van der Waals surface area (Å²) < 4.78 is 38.6. The third kappa shape index (κ3) is 7.12. The van der Waals surface area contributed by atoms with E-state index in [9.17, 15) is 12.8 Å². The zero-order valence-corrected chi connectivity index (χ0v) is 12.1. The zero-order chi connectivity index (χ0) is 14.3. The van der Waals surface area contributed by atoms with Gasteiger partial charge in [0.2, 0.25) is 10.0 Å². The van der Waals surface area contributed by atoms with Gasteiger partial charge in [0.05, 0.1) is 5.75 Å². The fourth-order valence-corrected chi connectivity index (χ4v) is 2.74. The first-order valence-electron chi connectivity index (χ1n) is 6.38. The summed E-state index contributed by atoms with van der Waals surface area (Å²) in [6, 6.07) is 5.68. The van der Waals surface area contributed by atoms with Crippen LogP contribution >= 0.6 is 0 Å². The Kier molecular flexibility index (Phi) is 6.24. The molecule has 0 spiro atoms. The van der Waals surface area contributed by atoms with E-state index in [0.29, 0.717) is 18.2 Å². The molecule has 0 aromatic heterocycles. The van der Waals surface area contributed by atoms with Crippen molar-refractivity contribution in [3.8, 4) is 0 Å². The van der Waals surface area contributed by atoms with Crippen LogP contribution in [-0.2, 0) is 10.0 Å². The van der Waals surface area contributed by atoms with Crippen molar-refractivity contribution in [3.05, 3.63) is 30.1 Å². The van der Waals surface area contributed by atoms with Crippen molar-refractivity contribution in [2.45, 2.75) is 32.7 Å². The maximum atomic E-state index is 12.7. The Bertz CT molecular complexity index is 472. The molecule has 0 heterocycles. The van der Waals surface area contributed by atoms with Gasteiger partial charge in [0.25, 0.3) is 0 Å². The first-order chi connectivity index (χ1) is 8.89. The van der Waals surface area contributed by atoms with Crippen LogP contribution < -0.4 is 10.0 Å². The molecule has 0 saturated heterocycles. The van der Waals surface area contributed by atoms with Crippen molar-refractivity contribution in [1.82, 2.24) is 5.32 Å². The molecule has 108 valence electrons. The lowest BCUT2D eigenvalue weighted by atomic mass is 10.3. The molecular weight excluding hydrogens is 267 g/mol. The summed E-state index contributed by atoms with van der Waals surface area (Å²) in [5.41, 5.74) is 0.390. The van der Waals surface area contributed by atoms with Crippen LogP contribution in [0.25, 0.3) is 0 Å². The molecule has 0 saturated carbocycles. The van der Waals surface area contributed by atoms with E-state index in [0.717, 1.165) is 13.0 Å². The van der Waals surface area contributed by atoms with Crippen molar-refractivity contribution in [2.24, 2.45) is 0 Å². The van der Waals surface area contributed by atoms with Gasteiger partial charge in [0, 0.05) is 11.7 Å². The fourth-order valence-electron chi connectivity index (χ4n) is 1.56. The van der Waals surface area contributed by atoms with Gasteiger partial charge in [0.1, 0.15) is 5.82 Å². The molecule has 4 nitrogen and oxygen atoms in total. The van der Waals surface area contributed by atoms with Crippen molar-refractivity contribution in [1.29, 1.82) is 0 Å². The molecule has 0 unspecified atom stereocenters. The number of benzene rings is 1. The third-order valence-corrected chi connectivity index (χ3v) is 3.88. The topological polar surface area (TPSA) is 58.2 Å². The molecule has 0 aliphatic heterocycles. The largest absolute Gasteiger partial charge is 0.315 e. The Hall–Kier alpha value is -1.14. The highest BCUT2D eigenvalue weighted by atomic mass is 32.2. The molecule has 0 fully saturated rings. The molecule has 6 heteroatoms. The molecule has 0 radical (unpaired) electrons. The van der Waals surface area contributed by atoms with Crippen LogP contribution in [0, 0.1) is 5.82 Å². The van der Waals surface area contributed by atoms with Gasteiger partial charge in [-0.2, -0.15) is 0 Å². The summed E-state index contributed by atoms with van der Waals surface area (Å²) in [7, 11) is -3.35. The van der Waals surface area contributed by atoms with E-state index in [4.69, 9.17) is 0 Å². The lowest BCUT2D eigenvalue weighted by molar-refractivity contribution is 0.561. The minimum atomic E-state index is -3.35. The normalized spacial score (nSPS) is 11.8. The van der Waals surface area contributed by atoms with Gasteiger partial charge < -0.3 is 5.32 Å². The predicted octanol–water partition coefficient (Wildman–Crippen LogP) is 2.35. The predicted molar refractivity (Wildman–Crippen MR) is 76.2 cm³/mol. The van der Waals surface area contributed by atoms with Crippen molar-refractivity contribution >= 4 is 15.7 Å². The summed E-state index contributed by atoms with van der Waals surface area (Å²) >= 11 is 0. The van der Waals surface area contributed by atoms with Crippen LogP contribution in [0.15, 0.2) is 24.3 Å². The molecule has 1 rings (SSSR count). The number of unbranched alkanes of at least 4 members (excludes halogenated alkanes) is 1. The monoisotopic (exact) mass is 288 g/mol. The van der Waals surface area contributed by atoms with E-state index < -0.39 is 10.0 Å². The van der Waals surface area contributed by atoms with E-state index in [1.165, 1.54) is 24.3 Å². The number of anilines is 1. The van der Waals surface area contributed by atoms with Gasteiger partial charge in [-0.15, -0.1) is 0 Å². The van der Waals surface area contributed by atoms with E-state index in [1.807, 2.05) is 13.8 Å². The second kappa shape index (κ2) is 7.45. The van der Waals surface area contributed by atoms with E-state index in [-0.39, 0.29) is 11.6 Å². The molecule has 0 atom stereocenters. The minimum Gasteiger partial charge on any atom is -0.315 e. The van der Waals surface area contributed by atoms with E-state index in [2.05, 4.69) is 10.0 Å². The van der Waals surface area contributed by atoms with Gasteiger partial charge in [-0.3, -0.25) is 4.72 Å². The number of hydrogen-bond acceptors (Lipinski definition) is 3. The number of rotatable bonds is 8. The quantitative estimate of drug-likeness (QED) is 0.722. The number of hydrogen-bond donors (Lipinski definition) is 2. The number of sulfonamides is 1. The standard InChI is InChI=1S/C13H21FN2O2S/c1-11(2)15-9-3-4-10-19(17,18)16-13-7-5-12(14)6-8-13/h5-8,11,15-16H,3-4,9-10H2,1-2H3. The Labute approximate surface area is 114 Å². The van der Waals surface area contributed by atoms with Crippen LogP contribution in [0.3, 0.4) is 0 Å². The molecule has 0 bridgehead atoms. The maximum absolute atomic E-state index is 12.7. The Morgan fingerprint density at radius 3 is 2.37 bits per heavy atom. The first-order valence-corrected chi connectivity index (χ1v) is 8.04. The van der Waals surface area contributed by atoms with Crippen molar-refractivity contribution < 1.29 is 12.8 Å². The van der Waals surface area contributed by atoms with Crippen molar-refractivity contribution in [2.75, 3.05) is 17.0 Å². The van der Waals surface area contributed by atoms with Gasteiger partial charge in [-0.05, 0) is 43.7 Å². The van der Waals surface area contributed by atoms with Crippen LogP contribution in [0.2, 0.25) is 0 Å². The third-order valence-electron chi connectivity index (χ3n) is 2.51. The summed E-state index contributed by atoms with van der Waals surface area (Å²) in [6.07, 6.45) is 1.40. The van der Waals surface area contributed by atoms with E-state index >= 15 is 0 Å².